The first-order chi connectivity index (χ1) is 7.81. The van der Waals surface area contributed by atoms with Crippen molar-refractivity contribution in [3.8, 4) is 0 Å². The first-order valence-corrected chi connectivity index (χ1v) is 12.0. The molecule has 0 aromatic rings. The maximum atomic E-state index is 6.08. The van der Waals surface area contributed by atoms with Gasteiger partial charge in [0.2, 0.25) is 0 Å². The van der Waals surface area contributed by atoms with Gasteiger partial charge in [-0.1, -0.05) is 0 Å². The number of rotatable bonds is 8. The van der Waals surface area contributed by atoms with Gasteiger partial charge >= 0.3 is 112 Å². The van der Waals surface area contributed by atoms with Crippen molar-refractivity contribution >= 4 is 19.6 Å². The van der Waals surface area contributed by atoms with Gasteiger partial charge < -0.3 is 0 Å². The van der Waals surface area contributed by atoms with Crippen molar-refractivity contribution in [2.24, 2.45) is 0 Å². The van der Waals surface area contributed by atoms with E-state index in [1.165, 1.54) is 0 Å². The molecule has 17 heavy (non-hydrogen) atoms. The molecule has 0 saturated heterocycles. The molecule has 0 saturated carbocycles. The summed E-state index contributed by atoms with van der Waals surface area (Å²) in [6.45, 7) is 14.2. The zero-order valence-corrected chi connectivity index (χ0v) is 15.2. The molecule has 102 valence electrons. The molecule has 0 aliphatic carbocycles. The van der Waals surface area contributed by atoms with Crippen molar-refractivity contribution in [1.82, 2.24) is 0 Å². The fourth-order valence-corrected chi connectivity index (χ4v) is 10.5. The molecule has 0 aliphatic rings. The van der Waals surface area contributed by atoms with E-state index in [1.807, 2.05) is 54.5 Å². The first kappa shape index (κ1) is 17.4. The van der Waals surface area contributed by atoms with Crippen LogP contribution in [0.2, 0.25) is 4.44 Å². The van der Waals surface area contributed by atoms with Crippen molar-refractivity contribution in [2.75, 3.05) is 0 Å². The van der Waals surface area contributed by atoms with Crippen LogP contribution in [0.25, 0.3) is 0 Å². The molecule has 0 aliphatic heterocycles. The quantitative estimate of drug-likeness (QED) is 0.492. The molecule has 0 fully saturated rings. The molecular weight excluding hydrogens is 323 g/mol. The van der Waals surface area contributed by atoms with Crippen molar-refractivity contribution in [3.05, 3.63) is 12.2 Å². The van der Waals surface area contributed by atoms with Gasteiger partial charge in [-0.05, 0) is 0 Å². The number of allylic oxidation sites excluding steroid dienone is 2. The van der Waals surface area contributed by atoms with Crippen molar-refractivity contribution < 1.29 is 9.22 Å². The van der Waals surface area contributed by atoms with Gasteiger partial charge in [0.05, 0.1) is 0 Å². The molecule has 0 radical (unpaired) electrons. The molecule has 0 rings (SSSR count). The number of hydrogen-bond acceptors (Lipinski definition) is 3. The average Bonchev–Trinajstić information content (AvgIpc) is 2.11. The Hall–Kier alpha value is 0.419. The molecule has 0 atom stereocenters. The number of hydrogen-bond donors (Lipinski definition) is 0. The Balaban J connectivity index is 4.89. The summed E-state index contributed by atoms with van der Waals surface area (Å²) in [5.74, 6) is 0. The summed E-state index contributed by atoms with van der Waals surface area (Å²) >= 11 is -3.42. The van der Waals surface area contributed by atoms with Gasteiger partial charge in [0.15, 0.2) is 0 Å². The van der Waals surface area contributed by atoms with E-state index in [0.717, 1.165) is 4.44 Å². The summed E-state index contributed by atoms with van der Waals surface area (Å²) in [6.07, 6.45) is 4.57. The van der Waals surface area contributed by atoms with E-state index in [9.17, 15) is 0 Å². The van der Waals surface area contributed by atoms with Crippen molar-refractivity contribution in [3.63, 3.8) is 0 Å². The zero-order valence-electron chi connectivity index (χ0n) is 12.3. The van der Waals surface area contributed by atoms with Crippen LogP contribution in [-0.4, -0.2) is 37.9 Å². The summed E-state index contributed by atoms with van der Waals surface area (Å²) in [6, 6.07) is 0. The van der Waals surface area contributed by atoms with E-state index < -0.39 is 19.6 Å². The van der Waals surface area contributed by atoms with Gasteiger partial charge in [-0.25, -0.2) is 0 Å². The minimum absolute atomic E-state index is 0.147. The molecular formula is C13H28O3Sn. The Morgan fingerprint density at radius 3 is 1.41 bits per heavy atom. The van der Waals surface area contributed by atoms with Gasteiger partial charge in [0.25, 0.3) is 0 Å². The van der Waals surface area contributed by atoms with Crippen LogP contribution in [0.4, 0.5) is 0 Å². The Kier molecular flexibility index (Phi) is 8.72. The summed E-state index contributed by atoms with van der Waals surface area (Å²) in [5, 5.41) is 0. The summed E-state index contributed by atoms with van der Waals surface area (Å²) in [7, 11) is 0. The third-order valence-electron chi connectivity index (χ3n) is 1.85. The summed E-state index contributed by atoms with van der Waals surface area (Å²) in [5.41, 5.74) is 0. The van der Waals surface area contributed by atoms with E-state index in [0.29, 0.717) is 0 Å². The fourth-order valence-electron chi connectivity index (χ4n) is 1.57. The third-order valence-corrected chi connectivity index (χ3v) is 11.1. The molecule has 0 amide bonds. The van der Waals surface area contributed by atoms with E-state index >= 15 is 0 Å². The van der Waals surface area contributed by atoms with Crippen LogP contribution in [0.5, 0.6) is 0 Å². The molecule has 0 heterocycles. The van der Waals surface area contributed by atoms with Crippen molar-refractivity contribution in [2.45, 2.75) is 71.2 Å². The molecule has 0 aromatic heterocycles. The minimum atomic E-state index is -3.42. The van der Waals surface area contributed by atoms with Gasteiger partial charge in [-0.2, -0.15) is 0 Å². The van der Waals surface area contributed by atoms with Crippen LogP contribution in [-0.2, 0) is 9.22 Å². The van der Waals surface area contributed by atoms with E-state index in [4.69, 9.17) is 9.22 Å². The molecule has 4 heteroatoms. The summed E-state index contributed by atoms with van der Waals surface area (Å²) < 4.78 is 19.0. The van der Waals surface area contributed by atoms with Crippen LogP contribution in [0, 0.1) is 0 Å². The monoisotopic (exact) mass is 352 g/mol. The molecule has 0 N–H and O–H groups in total. The van der Waals surface area contributed by atoms with Crippen LogP contribution in [0.15, 0.2) is 12.2 Å². The van der Waals surface area contributed by atoms with E-state index in [2.05, 4.69) is 6.08 Å². The molecule has 0 bridgehead atoms. The molecule has 0 unspecified atom stereocenters. The third kappa shape index (κ3) is 8.19. The second-order valence-corrected chi connectivity index (χ2v) is 12.0. The Labute approximate surface area is 112 Å². The zero-order chi connectivity index (χ0) is 13.5. The van der Waals surface area contributed by atoms with Gasteiger partial charge in [-0.15, -0.1) is 0 Å². The predicted octanol–water partition coefficient (Wildman–Crippen LogP) is 3.78. The van der Waals surface area contributed by atoms with Crippen LogP contribution in [0.1, 0.15) is 48.5 Å². The maximum absolute atomic E-state index is 6.08. The second kappa shape index (κ2) is 8.51. The van der Waals surface area contributed by atoms with E-state index in [1.54, 1.807) is 0 Å². The average molecular weight is 351 g/mol. The summed E-state index contributed by atoms with van der Waals surface area (Å²) in [4.78, 5) is 0. The second-order valence-electron chi connectivity index (χ2n) is 4.96. The normalized spacial score (nSPS) is 13.5. The van der Waals surface area contributed by atoms with Gasteiger partial charge in [-0.3, -0.25) is 0 Å². The first-order valence-electron chi connectivity index (χ1n) is 6.46. The van der Waals surface area contributed by atoms with Gasteiger partial charge in [0, 0.05) is 0 Å². The molecule has 3 nitrogen and oxygen atoms in total. The molecule has 0 aromatic carbocycles. The van der Waals surface area contributed by atoms with Crippen LogP contribution >= 0.6 is 0 Å². The Bertz CT molecular complexity index is 198. The fraction of sp³-hybridized carbons (Fsp3) is 0.846. The Morgan fingerprint density at radius 1 is 0.824 bits per heavy atom. The predicted molar refractivity (Wildman–Crippen MR) is 74.0 cm³/mol. The van der Waals surface area contributed by atoms with E-state index in [-0.39, 0.29) is 18.3 Å². The Morgan fingerprint density at radius 2 is 1.18 bits per heavy atom. The van der Waals surface area contributed by atoms with Crippen LogP contribution in [0.3, 0.4) is 0 Å². The van der Waals surface area contributed by atoms with Crippen molar-refractivity contribution in [1.29, 1.82) is 0 Å². The topological polar surface area (TPSA) is 27.7 Å². The van der Waals surface area contributed by atoms with Gasteiger partial charge in [0.1, 0.15) is 0 Å². The molecule has 0 spiro atoms. The SMILES string of the molecule is C/C=C/[CH2][Sn]([O]C(C)C)([O]C(C)C)[O]C(C)C. The van der Waals surface area contributed by atoms with Crippen LogP contribution < -0.4 is 0 Å². The standard InChI is InChI=1S/C4H7.3C3H7O.Sn/c1-3-4-2;3*1-3(2)4;/h3-4H,1H2,2H3;3*3H,1-2H3;/q;3*-1;+3/b4-3+;;;;.